The first kappa shape index (κ1) is 20.6. The van der Waals surface area contributed by atoms with E-state index in [1.165, 1.54) is 0 Å². The maximum Gasteiger partial charge on any atom is 0.229 e. The molecule has 1 fully saturated rings. The number of amides is 1. The monoisotopic (exact) mass is 426 g/mol. The summed E-state index contributed by atoms with van der Waals surface area (Å²) >= 11 is 1.55. The Bertz CT molecular complexity index is 980. The Balaban J connectivity index is 1.55. The predicted octanol–water partition coefficient (Wildman–Crippen LogP) is 4.46. The summed E-state index contributed by atoms with van der Waals surface area (Å²) in [4.78, 5) is 19.8. The van der Waals surface area contributed by atoms with Crippen LogP contribution in [-0.4, -0.2) is 44.4 Å². The normalized spacial score (nSPS) is 16.0. The largest absolute Gasteiger partial charge is 0.497 e. The van der Waals surface area contributed by atoms with Crippen LogP contribution in [0.2, 0.25) is 0 Å². The van der Waals surface area contributed by atoms with Crippen molar-refractivity contribution in [3.05, 3.63) is 48.0 Å². The molecule has 0 radical (unpaired) electrons. The van der Waals surface area contributed by atoms with Gasteiger partial charge in [-0.3, -0.25) is 9.69 Å². The molecule has 158 valence electrons. The number of aromatic nitrogens is 1. The van der Waals surface area contributed by atoms with E-state index in [-0.39, 0.29) is 12.0 Å². The average molecular weight is 427 g/mol. The van der Waals surface area contributed by atoms with Crippen molar-refractivity contribution in [1.82, 2.24) is 4.98 Å². The third-order valence-corrected chi connectivity index (χ3v) is 6.38. The number of carbonyl (C=O) groups excluding carboxylic acids is 1. The maximum absolute atomic E-state index is 13.3. The highest BCUT2D eigenvalue weighted by Crippen LogP contribution is 2.31. The van der Waals surface area contributed by atoms with Crippen LogP contribution >= 0.6 is 11.3 Å². The molecule has 1 amide bonds. The zero-order valence-corrected chi connectivity index (χ0v) is 18.1. The summed E-state index contributed by atoms with van der Waals surface area (Å²) in [5.74, 6) is 1.55. The first-order valence-electron chi connectivity index (χ1n) is 10.2. The molecule has 0 bridgehead atoms. The molecule has 4 rings (SSSR count). The minimum absolute atomic E-state index is 0.0365. The molecule has 1 saturated heterocycles. The summed E-state index contributed by atoms with van der Waals surface area (Å²) in [5.41, 5.74) is 1.86. The van der Waals surface area contributed by atoms with Gasteiger partial charge in [0.05, 0.1) is 37.1 Å². The van der Waals surface area contributed by atoms with Crippen LogP contribution in [0.1, 0.15) is 24.8 Å². The van der Waals surface area contributed by atoms with E-state index in [4.69, 9.17) is 19.2 Å². The predicted molar refractivity (Wildman–Crippen MR) is 119 cm³/mol. The number of anilines is 1. The van der Waals surface area contributed by atoms with Crippen LogP contribution in [0.25, 0.3) is 10.2 Å². The van der Waals surface area contributed by atoms with E-state index in [2.05, 4.69) is 0 Å². The number of hydrogen-bond acceptors (Lipinski definition) is 6. The molecule has 1 aliphatic rings. The van der Waals surface area contributed by atoms with E-state index < -0.39 is 0 Å². The van der Waals surface area contributed by atoms with Crippen LogP contribution < -0.4 is 14.4 Å². The molecule has 6 nitrogen and oxygen atoms in total. The second-order valence-corrected chi connectivity index (χ2v) is 8.29. The molecule has 0 spiro atoms. The van der Waals surface area contributed by atoms with Gasteiger partial charge in [-0.2, -0.15) is 0 Å². The van der Waals surface area contributed by atoms with Gasteiger partial charge in [-0.25, -0.2) is 4.98 Å². The second-order valence-electron chi connectivity index (χ2n) is 7.28. The molecule has 1 atom stereocenters. The van der Waals surface area contributed by atoms with Gasteiger partial charge < -0.3 is 14.2 Å². The Hall–Kier alpha value is -2.64. The van der Waals surface area contributed by atoms with Crippen LogP contribution in [0.4, 0.5) is 5.13 Å². The number of hydrogen-bond donors (Lipinski definition) is 0. The quantitative estimate of drug-likeness (QED) is 0.532. The number of aryl methyl sites for hydroxylation is 1. The van der Waals surface area contributed by atoms with Crippen LogP contribution in [0.3, 0.4) is 0 Å². The smallest absolute Gasteiger partial charge is 0.229 e. The summed E-state index contributed by atoms with van der Waals surface area (Å²) in [6.07, 6.45) is 2.98. The van der Waals surface area contributed by atoms with Gasteiger partial charge in [0.2, 0.25) is 5.91 Å². The molecule has 3 aromatic rings. The molecule has 0 N–H and O–H groups in total. The van der Waals surface area contributed by atoms with Crippen LogP contribution in [0, 0.1) is 0 Å². The minimum atomic E-state index is 0.0365. The van der Waals surface area contributed by atoms with Gasteiger partial charge in [-0.1, -0.05) is 23.5 Å². The standard InChI is InChI=1S/C23H26N2O4S/c1-27-17-10-11-20(28-2)16(14-17)9-12-22(26)25(15-18-6-5-13-29-18)23-24-19-7-3-4-8-21(19)30-23/h3-4,7-8,10-11,14,18H,5-6,9,12-13,15H2,1-2H3. The topological polar surface area (TPSA) is 60.9 Å². The van der Waals surface area contributed by atoms with E-state index in [1.54, 1.807) is 30.5 Å². The molecule has 1 aromatic heterocycles. The molecule has 30 heavy (non-hydrogen) atoms. The van der Waals surface area contributed by atoms with E-state index in [9.17, 15) is 4.79 Å². The number of methoxy groups -OCH3 is 2. The number of rotatable bonds is 8. The van der Waals surface area contributed by atoms with Crippen LogP contribution in [-0.2, 0) is 16.0 Å². The Morgan fingerprint density at radius 1 is 1.23 bits per heavy atom. The summed E-state index contributed by atoms with van der Waals surface area (Å²) in [6.45, 7) is 1.29. The van der Waals surface area contributed by atoms with Gasteiger partial charge in [0, 0.05) is 13.0 Å². The van der Waals surface area contributed by atoms with Gasteiger partial charge >= 0.3 is 0 Å². The summed E-state index contributed by atoms with van der Waals surface area (Å²) in [7, 11) is 3.27. The van der Waals surface area contributed by atoms with Gasteiger partial charge in [-0.15, -0.1) is 0 Å². The molecule has 0 saturated carbocycles. The van der Waals surface area contributed by atoms with Gasteiger partial charge in [-0.05, 0) is 55.2 Å². The fourth-order valence-corrected chi connectivity index (χ4v) is 4.70. The first-order chi connectivity index (χ1) is 14.7. The third kappa shape index (κ3) is 4.57. The Morgan fingerprint density at radius 3 is 2.83 bits per heavy atom. The first-order valence-corrected chi connectivity index (χ1v) is 11.0. The summed E-state index contributed by atoms with van der Waals surface area (Å²) < 4.78 is 17.7. The summed E-state index contributed by atoms with van der Waals surface area (Å²) in [5, 5.41) is 0.731. The van der Waals surface area contributed by atoms with Gasteiger partial charge in [0.15, 0.2) is 5.13 Å². The van der Waals surface area contributed by atoms with Crippen LogP contribution in [0.15, 0.2) is 42.5 Å². The van der Waals surface area contributed by atoms with Crippen molar-refractivity contribution < 1.29 is 19.0 Å². The molecule has 0 aliphatic carbocycles. The lowest BCUT2D eigenvalue weighted by molar-refractivity contribution is -0.119. The second kappa shape index (κ2) is 9.45. The molecule has 1 aliphatic heterocycles. The van der Waals surface area contributed by atoms with Crippen molar-refractivity contribution in [2.75, 3.05) is 32.3 Å². The zero-order valence-electron chi connectivity index (χ0n) is 17.3. The number of fused-ring (bicyclic) bond motifs is 1. The molecular formula is C23H26N2O4S. The van der Waals surface area contributed by atoms with Crippen molar-refractivity contribution in [1.29, 1.82) is 0 Å². The highest BCUT2D eigenvalue weighted by atomic mass is 32.1. The van der Waals surface area contributed by atoms with E-state index in [1.807, 2.05) is 42.5 Å². The van der Waals surface area contributed by atoms with Crippen molar-refractivity contribution in [2.24, 2.45) is 0 Å². The minimum Gasteiger partial charge on any atom is -0.497 e. The zero-order chi connectivity index (χ0) is 20.9. The highest BCUT2D eigenvalue weighted by Gasteiger charge is 2.26. The maximum atomic E-state index is 13.3. The average Bonchev–Trinajstić information content (AvgIpc) is 3.44. The third-order valence-electron chi connectivity index (χ3n) is 5.32. The lowest BCUT2D eigenvalue weighted by atomic mass is 10.1. The molecule has 7 heteroatoms. The van der Waals surface area contributed by atoms with Crippen molar-refractivity contribution >= 4 is 32.6 Å². The number of nitrogens with zero attached hydrogens (tertiary/aromatic N) is 2. The van der Waals surface area contributed by atoms with Crippen molar-refractivity contribution in [2.45, 2.75) is 31.8 Å². The fourth-order valence-electron chi connectivity index (χ4n) is 3.71. The Kier molecular flexibility index (Phi) is 6.50. The molecule has 2 heterocycles. The SMILES string of the molecule is COc1ccc(OC)c(CCC(=O)N(CC2CCCO2)c2nc3ccccc3s2)c1. The number of carbonyl (C=O) groups is 1. The Labute approximate surface area is 180 Å². The number of ether oxygens (including phenoxy) is 3. The van der Waals surface area contributed by atoms with E-state index in [0.29, 0.717) is 19.4 Å². The number of para-hydroxylation sites is 1. The van der Waals surface area contributed by atoms with E-state index in [0.717, 1.165) is 51.9 Å². The molecular weight excluding hydrogens is 400 g/mol. The lowest BCUT2D eigenvalue weighted by Gasteiger charge is -2.23. The van der Waals surface area contributed by atoms with Gasteiger partial charge in [0.25, 0.3) is 0 Å². The Morgan fingerprint density at radius 2 is 2.10 bits per heavy atom. The number of benzene rings is 2. The number of thiazole rings is 1. The molecule has 2 aromatic carbocycles. The fraction of sp³-hybridized carbons (Fsp3) is 0.391. The van der Waals surface area contributed by atoms with Crippen molar-refractivity contribution in [3.8, 4) is 11.5 Å². The lowest BCUT2D eigenvalue weighted by Crippen LogP contribution is -2.37. The van der Waals surface area contributed by atoms with Gasteiger partial charge in [0.1, 0.15) is 11.5 Å². The highest BCUT2D eigenvalue weighted by molar-refractivity contribution is 7.22. The molecule has 1 unspecified atom stereocenters. The van der Waals surface area contributed by atoms with Crippen molar-refractivity contribution in [3.63, 3.8) is 0 Å². The summed E-state index contributed by atoms with van der Waals surface area (Å²) in [6, 6.07) is 13.6. The van der Waals surface area contributed by atoms with Crippen LogP contribution in [0.5, 0.6) is 11.5 Å². The van der Waals surface area contributed by atoms with E-state index >= 15 is 0 Å².